The Morgan fingerprint density at radius 1 is 0.917 bits per heavy atom. The smallest absolute Gasteiger partial charge is 0.250 e. The van der Waals surface area contributed by atoms with Gasteiger partial charge in [-0.15, -0.1) is 0 Å². The van der Waals surface area contributed by atoms with Gasteiger partial charge in [-0.05, 0) is 48.4 Å². The Morgan fingerprint density at radius 3 is 2.53 bits per heavy atom. The first kappa shape index (κ1) is 21.0. The third-order valence-electron chi connectivity index (χ3n) is 7.81. The molecule has 7 nitrogen and oxygen atoms in total. The number of benzene rings is 3. The predicted octanol–water partition coefficient (Wildman–Crippen LogP) is 3.47. The lowest BCUT2D eigenvalue weighted by molar-refractivity contribution is -0.130. The Balaban J connectivity index is 1.39. The average Bonchev–Trinajstić information content (AvgIpc) is 3.59. The highest BCUT2D eigenvalue weighted by molar-refractivity contribution is 6.25. The molecule has 3 amide bonds. The Labute approximate surface area is 205 Å². The summed E-state index contributed by atoms with van der Waals surface area (Å²) >= 11 is 0. The van der Waals surface area contributed by atoms with E-state index >= 15 is 0 Å². The van der Waals surface area contributed by atoms with Gasteiger partial charge in [0.15, 0.2) is 0 Å². The van der Waals surface area contributed by atoms with Crippen molar-refractivity contribution in [3.8, 4) is 0 Å². The fourth-order valence-electron chi connectivity index (χ4n) is 6.32. The second-order valence-corrected chi connectivity index (χ2v) is 9.62. The summed E-state index contributed by atoms with van der Waals surface area (Å²) in [5, 5.41) is 7.20. The van der Waals surface area contributed by atoms with Gasteiger partial charge in [0, 0.05) is 34.4 Å². The number of aromatic nitrogens is 1. The molecule has 1 aromatic heterocycles. The summed E-state index contributed by atoms with van der Waals surface area (Å²) in [6.45, 7) is 0. The number of para-hydroxylation sites is 2. The van der Waals surface area contributed by atoms with E-state index < -0.39 is 41.0 Å². The minimum Gasteiger partial charge on any atom is -0.361 e. The summed E-state index contributed by atoms with van der Waals surface area (Å²) in [6, 6.07) is 20.1. The molecule has 0 radical (unpaired) electrons. The van der Waals surface area contributed by atoms with Crippen LogP contribution in [-0.2, 0) is 26.3 Å². The number of hydrogen-bond donors (Lipinski definition) is 3. The fraction of sp³-hybridized carbons (Fsp3) is 0.179. The zero-order chi connectivity index (χ0) is 24.6. The van der Waals surface area contributed by atoms with Crippen LogP contribution in [-0.4, -0.2) is 28.7 Å². The number of carbonyl (C=O) groups excluding carboxylic acids is 3. The number of fused-ring (bicyclic) bond motifs is 5. The van der Waals surface area contributed by atoms with E-state index in [-0.39, 0.29) is 5.91 Å². The van der Waals surface area contributed by atoms with Gasteiger partial charge in [-0.25, -0.2) is 9.29 Å². The van der Waals surface area contributed by atoms with Crippen molar-refractivity contribution in [1.29, 1.82) is 0 Å². The van der Waals surface area contributed by atoms with Gasteiger partial charge in [0.1, 0.15) is 11.4 Å². The largest absolute Gasteiger partial charge is 0.361 e. The third-order valence-corrected chi connectivity index (χ3v) is 7.81. The van der Waals surface area contributed by atoms with E-state index in [2.05, 4.69) is 15.6 Å². The second kappa shape index (κ2) is 7.35. The van der Waals surface area contributed by atoms with Crippen LogP contribution in [0.5, 0.6) is 0 Å². The number of nitrogens with one attached hydrogen (secondary N) is 3. The lowest BCUT2D eigenvalue weighted by Gasteiger charge is -2.29. The molecule has 178 valence electrons. The molecule has 2 fully saturated rings. The van der Waals surface area contributed by atoms with Gasteiger partial charge >= 0.3 is 0 Å². The molecule has 0 saturated carbocycles. The van der Waals surface area contributed by atoms with Crippen LogP contribution in [0.3, 0.4) is 0 Å². The molecule has 3 N–H and O–H groups in total. The lowest BCUT2D eigenvalue weighted by Crippen LogP contribution is -2.53. The van der Waals surface area contributed by atoms with Gasteiger partial charge < -0.3 is 10.3 Å². The van der Waals surface area contributed by atoms with Crippen molar-refractivity contribution < 1.29 is 18.8 Å². The van der Waals surface area contributed by atoms with Crippen LogP contribution in [0.15, 0.2) is 79.0 Å². The summed E-state index contributed by atoms with van der Waals surface area (Å²) in [5.74, 6) is -3.59. The maximum absolute atomic E-state index is 14.4. The molecular formula is C28H21FN4O3. The van der Waals surface area contributed by atoms with Gasteiger partial charge in [0.2, 0.25) is 17.7 Å². The van der Waals surface area contributed by atoms with Crippen molar-refractivity contribution >= 4 is 40.0 Å². The molecule has 3 aliphatic heterocycles. The Morgan fingerprint density at radius 2 is 1.69 bits per heavy atom. The molecule has 4 atom stereocenters. The normalized spacial score (nSPS) is 26.6. The Hall–Kier alpha value is -4.30. The van der Waals surface area contributed by atoms with Crippen LogP contribution in [0.25, 0.3) is 10.9 Å². The van der Waals surface area contributed by atoms with E-state index in [1.165, 1.54) is 23.1 Å². The number of imide groups is 1. The number of amides is 3. The maximum Gasteiger partial charge on any atom is 0.250 e. The first-order valence-corrected chi connectivity index (χ1v) is 11.9. The molecule has 3 aromatic carbocycles. The van der Waals surface area contributed by atoms with Crippen LogP contribution >= 0.6 is 0 Å². The number of carbonyl (C=O) groups is 3. The molecule has 7 rings (SSSR count). The molecule has 2 unspecified atom stereocenters. The van der Waals surface area contributed by atoms with E-state index in [4.69, 9.17) is 0 Å². The quantitative estimate of drug-likeness (QED) is 0.392. The zero-order valence-corrected chi connectivity index (χ0v) is 19.0. The molecule has 36 heavy (non-hydrogen) atoms. The van der Waals surface area contributed by atoms with Gasteiger partial charge in [-0.3, -0.25) is 19.7 Å². The fourth-order valence-corrected chi connectivity index (χ4v) is 6.32. The van der Waals surface area contributed by atoms with Crippen molar-refractivity contribution in [2.24, 2.45) is 11.8 Å². The highest BCUT2D eigenvalue weighted by atomic mass is 19.1. The van der Waals surface area contributed by atoms with E-state index in [0.717, 1.165) is 16.5 Å². The number of anilines is 2. The van der Waals surface area contributed by atoms with Crippen molar-refractivity contribution in [2.75, 3.05) is 10.2 Å². The number of nitrogens with zero attached hydrogens (tertiary/aromatic N) is 1. The van der Waals surface area contributed by atoms with Gasteiger partial charge in [-0.1, -0.05) is 36.4 Å². The highest BCUT2D eigenvalue weighted by Crippen LogP contribution is 2.54. The molecule has 0 aliphatic carbocycles. The zero-order valence-electron chi connectivity index (χ0n) is 19.0. The summed E-state index contributed by atoms with van der Waals surface area (Å²) in [7, 11) is 0. The van der Waals surface area contributed by atoms with E-state index in [1.54, 1.807) is 24.3 Å². The third kappa shape index (κ3) is 2.67. The van der Waals surface area contributed by atoms with Gasteiger partial charge in [-0.2, -0.15) is 0 Å². The van der Waals surface area contributed by atoms with Crippen LogP contribution in [0.1, 0.15) is 11.1 Å². The van der Waals surface area contributed by atoms with Crippen LogP contribution in [0.4, 0.5) is 15.8 Å². The van der Waals surface area contributed by atoms with Crippen molar-refractivity contribution in [2.45, 2.75) is 18.0 Å². The van der Waals surface area contributed by atoms with Gasteiger partial charge in [0.05, 0.1) is 17.5 Å². The average molecular weight is 480 g/mol. The van der Waals surface area contributed by atoms with E-state index in [1.807, 2.05) is 36.5 Å². The monoisotopic (exact) mass is 480 g/mol. The SMILES string of the molecule is O=C1[C@@H]2C(Cc3c[nH]c4ccccc34)NC3(C(=O)Nc4ccc(F)cc43)[C@@H]2C(=O)N1c1ccccc1. The maximum atomic E-state index is 14.4. The first-order chi connectivity index (χ1) is 17.5. The highest BCUT2D eigenvalue weighted by Gasteiger charge is 2.70. The summed E-state index contributed by atoms with van der Waals surface area (Å²) in [5.41, 5.74) is 1.65. The number of aromatic amines is 1. The molecule has 4 aromatic rings. The van der Waals surface area contributed by atoms with E-state index in [9.17, 15) is 18.8 Å². The minimum absolute atomic E-state index is 0.358. The number of rotatable bonds is 3. The Bertz CT molecular complexity index is 1580. The predicted molar refractivity (Wildman–Crippen MR) is 132 cm³/mol. The molecule has 1 spiro atoms. The molecule has 0 bridgehead atoms. The molecule has 3 aliphatic rings. The molecular weight excluding hydrogens is 459 g/mol. The standard InChI is InChI=1S/C28H21FN4O3/c29-16-10-11-21-19(13-16)28(27(36)31-21)24-23(25(34)33(26(24)35)17-6-2-1-3-7-17)22(32-28)12-15-14-30-20-9-5-4-8-18(15)20/h1-11,13-14,22-24,30,32H,12H2,(H,31,36)/t22?,23-,24+,28?/m1/s1. The molecule has 8 heteroatoms. The van der Waals surface area contributed by atoms with Crippen molar-refractivity contribution in [1.82, 2.24) is 10.3 Å². The number of halogens is 1. The van der Waals surface area contributed by atoms with Gasteiger partial charge in [0.25, 0.3) is 0 Å². The number of hydrogen-bond acceptors (Lipinski definition) is 4. The lowest BCUT2D eigenvalue weighted by atomic mass is 9.76. The first-order valence-electron chi connectivity index (χ1n) is 11.9. The summed E-state index contributed by atoms with van der Waals surface area (Å²) < 4.78 is 14.4. The number of H-pyrrole nitrogens is 1. The summed E-state index contributed by atoms with van der Waals surface area (Å²) in [6.07, 6.45) is 2.30. The topological polar surface area (TPSA) is 94.3 Å². The van der Waals surface area contributed by atoms with E-state index in [0.29, 0.717) is 23.4 Å². The van der Waals surface area contributed by atoms with Crippen molar-refractivity contribution in [3.63, 3.8) is 0 Å². The molecule has 2 saturated heterocycles. The van der Waals surface area contributed by atoms with Crippen LogP contribution in [0.2, 0.25) is 0 Å². The van der Waals surface area contributed by atoms with Crippen LogP contribution in [0, 0.1) is 17.7 Å². The molecule has 4 heterocycles. The van der Waals surface area contributed by atoms with Crippen molar-refractivity contribution in [3.05, 3.63) is 95.9 Å². The minimum atomic E-state index is -1.55. The second-order valence-electron chi connectivity index (χ2n) is 9.62. The Kier molecular flexibility index (Phi) is 4.29. The summed E-state index contributed by atoms with van der Waals surface area (Å²) in [4.78, 5) is 45.8. The van der Waals surface area contributed by atoms with Crippen LogP contribution < -0.4 is 15.5 Å².